The van der Waals surface area contributed by atoms with E-state index in [4.69, 9.17) is 4.74 Å². The summed E-state index contributed by atoms with van der Waals surface area (Å²) in [4.78, 5) is 15.6. The SMILES string of the molecule is COc1ccc(CN2CCN(c3ccc(S(=O)(=O)N4CCCCC4)cc3[N+](=O)[O-])CC2)cc1. The van der Waals surface area contributed by atoms with E-state index in [1.807, 2.05) is 29.2 Å². The molecule has 0 aromatic heterocycles. The molecule has 0 N–H and O–H groups in total. The molecule has 0 amide bonds. The number of hydrogen-bond donors (Lipinski definition) is 0. The predicted octanol–water partition coefficient (Wildman–Crippen LogP) is 3.10. The zero-order valence-electron chi connectivity index (χ0n) is 18.9. The van der Waals surface area contributed by atoms with Crippen molar-refractivity contribution in [3.63, 3.8) is 0 Å². The lowest BCUT2D eigenvalue weighted by atomic mass is 10.1. The van der Waals surface area contributed by atoms with Crippen molar-refractivity contribution < 1.29 is 18.1 Å². The van der Waals surface area contributed by atoms with Gasteiger partial charge in [0.15, 0.2) is 0 Å². The van der Waals surface area contributed by atoms with Crippen LogP contribution < -0.4 is 9.64 Å². The number of ether oxygens (including phenoxy) is 1. The van der Waals surface area contributed by atoms with Crippen LogP contribution in [0.5, 0.6) is 5.75 Å². The van der Waals surface area contributed by atoms with Crippen molar-refractivity contribution >= 4 is 21.4 Å². The summed E-state index contributed by atoms with van der Waals surface area (Å²) in [7, 11) is -2.08. The first-order valence-corrected chi connectivity index (χ1v) is 12.7. The van der Waals surface area contributed by atoms with Gasteiger partial charge in [-0.2, -0.15) is 4.31 Å². The van der Waals surface area contributed by atoms with Crippen LogP contribution in [0.2, 0.25) is 0 Å². The number of sulfonamides is 1. The van der Waals surface area contributed by atoms with E-state index in [9.17, 15) is 18.5 Å². The Morgan fingerprint density at radius 2 is 1.61 bits per heavy atom. The highest BCUT2D eigenvalue weighted by molar-refractivity contribution is 7.89. The molecule has 2 fully saturated rings. The minimum atomic E-state index is -3.72. The Morgan fingerprint density at radius 1 is 0.939 bits per heavy atom. The maximum Gasteiger partial charge on any atom is 0.293 e. The molecule has 178 valence electrons. The first kappa shape index (κ1) is 23.5. The lowest BCUT2D eigenvalue weighted by molar-refractivity contribution is -0.384. The third-order valence-electron chi connectivity index (χ3n) is 6.37. The summed E-state index contributed by atoms with van der Waals surface area (Å²) < 4.78 is 32.6. The molecule has 4 rings (SSSR count). The van der Waals surface area contributed by atoms with Gasteiger partial charge in [-0.3, -0.25) is 15.0 Å². The molecule has 0 atom stereocenters. The number of anilines is 1. The van der Waals surface area contributed by atoms with Crippen LogP contribution >= 0.6 is 0 Å². The van der Waals surface area contributed by atoms with Crippen LogP contribution in [0.3, 0.4) is 0 Å². The first-order chi connectivity index (χ1) is 15.9. The fourth-order valence-corrected chi connectivity index (χ4v) is 6.01. The van der Waals surface area contributed by atoms with Crippen LogP contribution in [0.25, 0.3) is 0 Å². The van der Waals surface area contributed by atoms with E-state index in [0.29, 0.717) is 31.9 Å². The van der Waals surface area contributed by atoms with E-state index >= 15 is 0 Å². The Morgan fingerprint density at radius 3 is 2.21 bits per heavy atom. The Balaban J connectivity index is 1.46. The standard InChI is InChI=1S/C23H30N4O5S/c1-32-20-7-5-19(6-8-20)18-24-13-15-25(16-14-24)22-10-9-21(17-23(22)27(28)29)33(30,31)26-11-3-2-4-12-26/h5-10,17H,2-4,11-16,18H2,1H3. The second-order valence-electron chi connectivity index (χ2n) is 8.48. The van der Waals surface area contributed by atoms with Gasteiger partial charge < -0.3 is 9.64 Å². The minimum absolute atomic E-state index is 0.00186. The molecule has 2 saturated heterocycles. The maximum absolute atomic E-state index is 13.0. The molecule has 10 heteroatoms. The average molecular weight is 475 g/mol. The van der Waals surface area contributed by atoms with Crippen LogP contribution in [0.1, 0.15) is 24.8 Å². The van der Waals surface area contributed by atoms with Crippen molar-refractivity contribution in [3.05, 3.63) is 58.1 Å². The smallest absolute Gasteiger partial charge is 0.293 e. The number of hydrogen-bond acceptors (Lipinski definition) is 7. The summed E-state index contributed by atoms with van der Waals surface area (Å²) >= 11 is 0. The second kappa shape index (κ2) is 10.1. The van der Waals surface area contributed by atoms with Crippen molar-refractivity contribution in [2.75, 3.05) is 51.3 Å². The van der Waals surface area contributed by atoms with Gasteiger partial charge in [-0.05, 0) is 42.7 Å². The quantitative estimate of drug-likeness (QED) is 0.449. The molecule has 33 heavy (non-hydrogen) atoms. The summed E-state index contributed by atoms with van der Waals surface area (Å²) in [6, 6.07) is 12.3. The van der Waals surface area contributed by atoms with Crippen molar-refractivity contribution in [2.24, 2.45) is 0 Å². The van der Waals surface area contributed by atoms with Crippen molar-refractivity contribution in [1.82, 2.24) is 9.21 Å². The van der Waals surface area contributed by atoms with E-state index in [1.54, 1.807) is 13.2 Å². The maximum atomic E-state index is 13.0. The van der Waals surface area contributed by atoms with E-state index in [-0.39, 0.29) is 10.6 Å². The summed E-state index contributed by atoms with van der Waals surface area (Å²) in [5.41, 5.74) is 1.50. The normalized spacial score (nSPS) is 18.3. The molecule has 0 radical (unpaired) electrons. The highest BCUT2D eigenvalue weighted by atomic mass is 32.2. The van der Waals surface area contributed by atoms with E-state index in [2.05, 4.69) is 4.90 Å². The third kappa shape index (κ3) is 5.29. The van der Waals surface area contributed by atoms with Crippen LogP contribution in [-0.4, -0.2) is 68.9 Å². The van der Waals surface area contributed by atoms with Crippen LogP contribution in [0.4, 0.5) is 11.4 Å². The summed E-state index contributed by atoms with van der Waals surface area (Å²) in [5, 5.41) is 11.8. The fourth-order valence-electron chi connectivity index (χ4n) is 4.47. The molecule has 2 aromatic rings. The molecule has 2 aliphatic rings. The minimum Gasteiger partial charge on any atom is -0.497 e. The van der Waals surface area contributed by atoms with Crippen molar-refractivity contribution in [2.45, 2.75) is 30.7 Å². The summed E-state index contributed by atoms with van der Waals surface area (Å²) in [6.45, 7) is 4.52. The molecule has 2 heterocycles. The van der Waals surface area contributed by atoms with Crippen molar-refractivity contribution in [1.29, 1.82) is 0 Å². The third-order valence-corrected chi connectivity index (χ3v) is 8.27. The predicted molar refractivity (Wildman–Crippen MR) is 126 cm³/mol. The van der Waals surface area contributed by atoms with Gasteiger partial charge in [0, 0.05) is 51.9 Å². The topological polar surface area (TPSA) is 96.2 Å². The van der Waals surface area contributed by atoms with Gasteiger partial charge in [0.2, 0.25) is 10.0 Å². The Labute approximate surface area is 194 Å². The number of methoxy groups -OCH3 is 1. The number of nitro benzene ring substituents is 1. The average Bonchev–Trinajstić information content (AvgIpc) is 2.85. The van der Waals surface area contributed by atoms with Gasteiger partial charge in [0.05, 0.1) is 16.9 Å². The number of nitro groups is 1. The van der Waals surface area contributed by atoms with E-state index in [1.165, 1.54) is 22.0 Å². The number of piperidine rings is 1. The van der Waals surface area contributed by atoms with Gasteiger partial charge in [-0.25, -0.2) is 8.42 Å². The first-order valence-electron chi connectivity index (χ1n) is 11.3. The molecule has 0 aliphatic carbocycles. The lowest BCUT2D eigenvalue weighted by Crippen LogP contribution is -2.46. The largest absolute Gasteiger partial charge is 0.497 e. The number of nitrogens with zero attached hydrogens (tertiary/aromatic N) is 4. The van der Waals surface area contributed by atoms with Gasteiger partial charge in [0.1, 0.15) is 11.4 Å². The second-order valence-corrected chi connectivity index (χ2v) is 10.4. The Bertz CT molecular complexity index is 1080. The van der Waals surface area contributed by atoms with Crippen molar-refractivity contribution in [3.8, 4) is 5.75 Å². The zero-order valence-corrected chi connectivity index (χ0v) is 19.7. The van der Waals surface area contributed by atoms with Gasteiger partial charge in [-0.15, -0.1) is 0 Å². The summed E-state index contributed by atoms with van der Waals surface area (Å²) in [5.74, 6) is 0.821. The highest BCUT2D eigenvalue weighted by Gasteiger charge is 2.30. The van der Waals surface area contributed by atoms with Gasteiger partial charge in [0.25, 0.3) is 5.69 Å². The molecule has 0 bridgehead atoms. The number of rotatable bonds is 7. The lowest BCUT2D eigenvalue weighted by Gasteiger charge is -2.36. The highest BCUT2D eigenvalue weighted by Crippen LogP contribution is 2.33. The monoisotopic (exact) mass is 474 g/mol. The van der Waals surface area contributed by atoms with E-state index < -0.39 is 14.9 Å². The molecule has 0 saturated carbocycles. The fraction of sp³-hybridized carbons (Fsp3) is 0.478. The molecular weight excluding hydrogens is 444 g/mol. The Hall–Kier alpha value is -2.69. The van der Waals surface area contributed by atoms with Crippen LogP contribution in [0, 0.1) is 10.1 Å². The molecule has 9 nitrogen and oxygen atoms in total. The van der Waals surface area contributed by atoms with Crippen LogP contribution in [0.15, 0.2) is 47.4 Å². The molecule has 2 aliphatic heterocycles. The number of piperazine rings is 1. The van der Waals surface area contributed by atoms with Gasteiger partial charge >= 0.3 is 0 Å². The van der Waals surface area contributed by atoms with Crippen LogP contribution in [-0.2, 0) is 16.6 Å². The molecule has 0 unspecified atom stereocenters. The summed E-state index contributed by atoms with van der Waals surface area (Å²) in [6.07, 6.45) is 2.65. The van der Waals surface area contributed by atoms with E-state index in [0.717, 1.165) is 44.6 Å². The molecule has 0 spiro atoms. The number of benzene rings is 2. The molecule has 2 aromatic carbocycles. The molecular formula is C23H30N4O5S. The van der Waals surface area contributed by atoms with Gasteiger partial charge in [-0.1, -0.05) is 18.6 Å². The Kier molecular flexibility index (Phi) is 7.16. The zero-order chi connectivity index (χ0) is 23.4.